The molecule has 3 rings (SSSR count). The van der Waals surface area contributed by atoms with Crippen molar-refractivity contribution >= 4 is 29.0 Å². The summed E-state index contributed by atoms with van der Waals surface area (Å²) in [5.41, 5.74) is 3.93. The largest absolute Gasteiger partial charge is 0.382 e. The second-order valence-corrected chi connectivity index (χ2v) is 8.80. The highest BCUT2D eigenvalue weighted by atomic mass is 16.5. The molecule has 2 aromatic rings. The molecular weight excluding hydrogens is 428 g/mol. The first kappa shape index (κ1) is 25.6. The number of amides is 3. The van der Waals surface area contributed by atoms with E-state index in [0.717, 1.165) is 55.7 Å². The van der Waals surface area contributed by atoms with Gasteiger partial charge >= 0.3 is 6.03 Å². The molecule has 1 aliphatic heterocycles. The predicted octanol–water partition coefficient (Wildman–Crippen LogP) is 5.29. The summed E-state index contributed by atoms with van der Waals surface area (Å²) in [6.45, 7) is 9.96. The number of para-hydroxylation sites is 1. The van der Waals surface area contributed by atoms with Gasteiger partial charge in [0.05, 0.1) is 5.56 Å². The molecule has 1 saturated heterocycles. The normalized spacial score (nSPS) is 14.0. The van der Waals surface area contributed by atoms with Crippen LogP contribution in [0.15, 0.2) is 42.5 Å². The van der Waals surface area contributed by atoms with Crippen molar-refractivity contribution in [2.24, 2.45) is 5.92 Å². The van der Waals surface area contributed by atoms with Crippen LogP contribution in [-0.4, -0.2) is 44.8 Å². The van der Waals surface area contributed by atoms with E-state index in [1.165, 1.54) is 0 Å². The Hall–Kier alpha value is -3.06. The summed E-state index contributed by atoms with van der Waals surface area (Å²) in [5.74, 6) is 0.563. The Morgan fingerprint density at radius 2 is 1.82 bits per heavy atom. The van der Waals surface area contributed by atoms with Crippen LogP contribution in [0.2, 0.25) is 0 Å². The Morgan fingerprint density at radius 3 is 2.56 bits per heavy atom. The lowest BCUT2D eigenvalue weighted by Crippen LogP contribution is -2.35. The van der Waals surface area contributed by atoms with Gasteiger partial charge in [0.25, 0.3) is 5.91 Å². The number of ether oxygens (including phenoxy) is 1. The summed E-state index contributed by atoms with van der Waals surface area (Å²) >= 11 is 0. The van der Waals surface area contributed by atoms with Crippen LogP contribution in [0.3, 0.4) is 0 Å². The van der Waals surface area contributed by atoms with Crippen molar-refractivity contribution in [3.63, 3.8) is 0 Å². The number of piperidine rings is 1. The van der Waals surface area contributed by atoms with Crippen molar-refractivity contribution in [1.29, 1.82) is 0 Å². The molecule has 1 fully saturated rings. The van der Waals surface area contributed by atoms with Crippen LogP contribution >= 0.6 is 0 Å². The molecule has 0 unspecified atom stereocenters. The van der Waals surface area contributed by atoms with Gasteiger partial charge in [-0.05, 0) is 68.4 Å². The maximum absolute atomic E-state index is 13.1. The third-order valence-corrected chi connectivity index (χ3v) is 6.22. The molecule has 0 radical (unpaired) electrons. The number of nitrogens with one attached hydrogen (secondary N) is 3. The van der Waals surface area contributed by atoms with Crippen molar-refractivity contribution < 1.29 is 14.3 Å². The van der Waals surface area contributed by atoms with Crippen molar-refractivity contribution in [3.8, 4) is 0 Å². The fourth-order valence-electron chi connectivity index (χ4n) is 4.17. The molecule has 1 heterocycles. The number of nitrogens with zero attached hydrogens (tertiary/aromatic N) is 1. The molecule has 3 N–H and O–H groups in total. The highest BCUT2D eigenvalue weighted by molar-refractivity contribution is 6.04. The van der Waals surface area contributed by atoms with Crippen LogP contribution < -0.4 is 20.9 Å². The Morgan fingerprint density at radius 1 is 1.06 bits per heavy atom. The fourth-order valence-corrected chi connectivity index (χ4v) is 4.17. The summed E-state index contributed by atoms with van der Waals surface area (Å²) in [6, 6.07) is 13.0. The molecule has 184 valence electrons. The number of aryl methyl sites for hydroxylation is 1. The fraction of sp³-hybridized carbons (Fsp3) is 0.481. The second-order valence-electron chi connectivity index (χ2n) is 8.80. The Bertz CT molecular complexity index is 955. The van der Waals surface area contributed by atoms with E-state index in [-0.39, 0.29) is 11.9 Å². The summed E-state index contributed by atoms with van der Waals surface area (Å²) < 4.78 is 5.36. The van der Waals surface area contributed by atoms with Gasteiger partial charge in [-0.1, -0.05) is 32.0 Å². The topological polar surface area (TPSA) is 82.7 Å². The van der Waals surface area contributed by atoms with Crippen LogP contribution in [-0.2, 0) is 11.2 Å². The number of benzene rings is 2. The average molecular weight is 467 g/mol. The zero-order valence-electron chi connectivity index (χ0n) is 20.7. The molecule has 0 atom stereocenters. The van der Waals surface area contributed by atoms with Crippen LogP contribution in [0.5, 0.6) is 0 Å². The summed E-state index contributed by atoms with van der Waals surface area (Å²) in [4.78, 5) is 28.1. The minimum atomic E-state index is -0.330. The molecule has 0 spiro atoms. The molecule has 1 aliphatic rings. The summed E-state index contributed by atoms with van der Waals surface area (Å²) in [6.07, 6.45) is 3.80. The highest BCUT2D eigenvalue weighted by Crippen LogP contribution is 2.29. The molecule has 0 bridgehead atoms. The SMILES string of the molecule is CCOCCCNC(=O)c1cc(NC(=O)Nc2ccccc2CC)ccc1N1CCC(C)CC1. The maximum atomic E-state index is 13.1. The van der Waals surface area contributed by atoms with Crippen LogP contribution in [0.1, 0.15) is 56.0 Å². The minimum Gasteiger partial charge on any atom is -0.382 e. The first-order valence-corrected chi connectivity index (χ1v) is 12.4. The Labute approximate surface area is 203 Å². The molecular formula is C27H38N4O3. The third kappa shape index (κ3) is 7.22. The van der Waals surface area contributed by atoms with Crippen molar-refractivity contribution in [2.45, 2.75) is 46.5 Å². The average Bonchev–Trinajstić information content (AvgIpc) is 2.84. The summed E-state index contributed by atoms with van der Waals surface area (Å²) in [7, 11) is 0. The third-order valence-electron chi connectivity index (χ3n) is 6.22. The number of anilines is 3. The van der Waals surface area contributed by atoms with Crippen LogP contribution in [0.4, 0.5) is 21.9 Å². The lowest BCUT2D eigenvalue weighted by molar-refractivity contribution is 0.0944. The molecule has 34 heavy (non-hydrogen) atoms. The van der Waals surface area contributed by atoms with Crippen LogP contribution in [0, 0.1) is 5.92 Å². The smallest absolute Gasteiger partial charge is 0.323 e. The Kier molecular flexibility index (Phi) is 9.76. The molecule has 0 aliphatic carbocycles. The van der Waals surface area contributed by atoms with Gasteiger partial charge in [-0.3, -0.25) is 4.79 Å². The van der Waals surface area contributed by atoms with Gasteiger partial charge in [-0.25, -0.2) is 4.79 Å². The Balaban J connectivity index is 1.74. The van der Waals surface area contributed by atoms with Gasteiger partial charge in [0.1, 0.15) is 0 Å². The van der Waals surface area contributed by atoms with E-state index in [1.807, 2.05) is 43.3 Å². The van der Waals surface area contributed by atoms with E-state index in [1.54, 1.807) is 6.07 Å². The van der Waals surface area contributed by atoms with E-state index in [2.05, 4.69) is 34.7 Å². The van der Waals surface area contributed by atoms with Gasteiger partial charge in [0.2, 0.25) is 0 Å². The molecule has 3 amide bonds. The van der Waals surface area contributed by atoms with Gasteiger partial charge in [-0.2, -0.15) is 0 Å². The maximum Gasteiger partial charge on any atom is 0.323 e. The predicted molar refractivity (Wildman–Crippen MR) is 139 cm³/mol. The highest BCUT2D eigenvalue weighted by Gasteiger charge is 2.22. The lowest BCUT2D eigenvalue weighted by atomic mass is 9.98. The molecule has 7 nitrogen and oxygen atoms in total. The van der Waals surface area contributed by atoms with E-state index in [0.29, 0.717) is 36.9 Å². The van der Waals surface area contributed by atoms with Crippen molar-refractivity contribution in [1.82, 2.24) is 5.32 Å². The second kappa shape index (κ2) is 13.0. The monoisotopic (exact) mass is 466 g/mol. The molecule has 0 aromatic heterocycles. The zero-order valence-corrected chi connectivity index (χ0v) is 20.7. The first-order chi connectivity index (χ1) is 16.5. The quantitative estimate of drug-likeness (QED) is 0.416. The van der Waals surface area contributed by atoms with Gasteiger partial charge < -0.3 is 25.6 Å². The zero-order chi connectivity index (χ0) is 24.3. The van der Waals surface area contributed by atoms with E-state index in [9.17, 15) is 9.59 Å². The van der Waals surface area contributed by atoms with E-state index < -0.39 is 0 Å². The number of hydrogen-bond acceptors (Lipinski definition) is 4. The minimum absolute atomic E-state index is 0.134. The number of carbonyl (C=O) groups excluding carboxylic acids is 2. The van der Waals surface area contributed by atoms with E-state index >= 15 is 0 Å². The lowest BCUT2D eigenvalue weighted by Gasteiger charge is -2.33. The number of urea groups is 1. The standard InChI is InChI=1S/C27H38N4O3/c1-4-21-9-6-7-10-24(21)30-27(33)29-22-11-12-25(31-16-13-20(3)14-17-31)23(19-22)26(32)28-15-8-18-34-5-2/h6-7,9-12,19-20H,4-5,8,13-18H2,1-3H3,(H,28,32)(H2,29,30,33). The number of rotatable bonds is 10. The van der Waals surface area contributed by atoms with Gasteiger partial charge in [0, 0.05) is 49.9 Å². The first-order valence-electron chi connectivity index (χ1n) is 12.4. The molecule has 7 heteroatoms. The van der Waals surface area contributed by atoms with Gasteiger partial charge in [0.15, 0.2) is 0 Å². The number of carbonyl (C=O) groups is 2. The van der Waals surface area contributed by atoms with Crippen molar-refractivity contribution in [2.75, 3.05) is 48.4 Å². The van der Waals surface area contributed by atoms with Crippen molar-refractivity contribution in [3.05, 3.63) is 53.6 Å². The summed E-state index contributed by atoms with van der Waals surface area (Å²) in [5, 5.41) is 8.82. The molecule has 0 saturated carbocycles. The van der Waals surface area contributed by atoms with E-state index in [4.69, 9.17) is 4.74 Å². The van der Waals surface area contributed by atoms with Gasteiger partial charge in [-0.15, -0.1) is 0 Å². The van der Waals surface area contributed by atoms with Crippen LogP contribution in [0.25, 0.3) is 0 Å². The molecule has 2 aromatic carbocycles. The number of hydrogen-bond donors (Lipinski definition) is 3.